The Morgan fingerprint density at radius 1 is 1.15 bits per heavy atom. The van der Waals surface area contributed by atoms with Crippen LogP contribution in [0, 0.1) is 12.7 Å². The molecular formula is C14H11Cl2FN2S. The smallest absolute Gasteiger partial charge is 0.147 e. The van der Waals surface area contributed by atoms with Crippen molar-refractivity contribution in [3.63, 3.8) is 0 Å². The van der Waals surface area contributed by atoms with Crippen molar-refractivity contribution in [3.05, 3.63) is 57.3 Å². The Balaban J connectivity index is 2.35. The van der Waals surface area contributed by atoms with Crippen LogP contribution in [0.4, 0.5) is 15.8 Å². The fourth-order valence-corrected chi connectivity index (χ4v) is 2.21. The van der Waals surface area contributed by atoms with E-state index in [0.29, 0.717) is 21.3 Å². The van der Waals surface area contributed by atoms with E-state index in [1.807, 2.05) is 6.92 Å². The average molecular weight is 329 g/mol. The van der Waals surface area contributed by atoms with Gasteiger partial charge in [0, 0.05) is 10.6 Å². The third-order valence-corrected chi connectivity index (χ3v) is 3.73. The number of anilines is 2. The standard InChI is InChI=1S/C14H11Cl2FN2S/c1-7-4-10(16)13(6-9(7)15)19-12-3-2-8(14(18)20)5-11(12)17/h2-6,19H,1H3,(H2,18,20). The van der Waals surface area contributed by atoms with E-state index in [4.69, 9.17) is 41.2 Å². The lowest BCUT2D eigenvalue weighted by molar-refractivity contribution is 0.631. The first kappa shape index (κ1) is 15.0. The van der Waals surface area contributed by atoms with Crippen molar-refractivity contribution in [2.75, 3.05) is 5.32 Å². The Morgan fingerprint density at radius 2 is 1.85 bits per heavy atom. The van der Waals surface area contributed by atoms with Crippen LogP contribution in [0.15, 0.2) is 30.3 Å². The molecular weight excluding hydrogens is 318 g/mol. The maximum Gasteiger partial charge on any atom is 0.147 e. The summed E-state index contributed by atoms with van der Waals surface area (Å²) in [6.45, 7) is 1.84. The Kier molecular flexibility index (Phi) is 4.48. The van der Waals surface area contributed by atoms with E-state index in [2.05, 4.69) is 5.32 Å². The number of nitrogens with two attached hydrogens (primary N) is 1. The molecule has 0 heterocycles. The quantitative estimate of drug-likeness (QED) is 0.793. The van der Waals surface area contributed by atoms with E-state index in [0.717, 1.165) is 5.56 Å². The van der Waals surface area contributed by atoms with Crippen molar-refractivity contribution in [1.29, 1.82) is 0 Å². The van der Waals surface area contributed by atoms with Gasteiger partial charge in [-0.15, -0.1) is 0 Å². The normalized spacial score (nSPS) is 10.4. The van der Waals surface area contributed by atoms with Crippen LogP contribution in [0.2, 0.25) is 10.0 Å². The van der Waals surface area contributed by atoms with Gasteiger partial charge in [-0.1, -0.05) is 35.4 Å². The van der Waals surface area contributed by atoms with E-state index in [9.17, 15) is 4.39 Å². The van der Waals surface area contributed by atoms with Crippen molar-refractivity contribution in [2.24, 2.45) is 5.73 Å². The lowest BCUT2D eigenvalue weighted by Gasteiger charge is -2.12. The van der Waals surface area contributed by atoms with E-state index in [-0.39, 0.29) is 10.7 Å². The summed E-state index contributed by atoms with van der Waals surface area (Å²) in [4.78, 5) is 0.145. The number of nitrogens with one attached hydrogen (secondary N) is 1. The minimum atomic E-state index is -0.469. The first-order valence-corrected chi connectivity index (χ1v) is 6.87. The molecule has 0 aromatic heterocycles. The number of halogens is 3. The molecule has 0 aliphatic carbocycles. The highest BCUT2D eigenvalue weighted by Gasteiger charge is 2.09. The molecule has 0 spiro atoms. The second kappa shape index (κ2) is 5.95. The average Bonchev–Trinajstić information content (AvgIpc) is 2.37. The first-order valence-electron chi connectivity index (χ1n) is 5.70. The molecule has 2 aromatic rings. The molecule has 2 aromatic carbocycles. The van der Waals surface area contributed by atoms with Gasteiger partial charge < -0.3 is 11.1 Å². The van der Waals surface area contributed by atoms with Gasteiger partial charge in [0.15, 0.2) is 0 Å². The maximum absolute atomic E-state index is 14.0. The zero-order valence-electron chi connectivity index (χ0n) is 10.5. The number of thiocarbonyl (C=S) groups is 1. The molecule has 20 heavy (non-hydrogen) atoms. The van der Waals surface area contributed by atoms with Gasteiger partial charge in [0.25, 0.3) is 0 Å². The molecule has 0 unspecified atom stereocenters. The molecule has 2 rings (SSSR count). The second-order valence-electron chi connectivity index (χ2n) is 4.27. The van der Waals surface area contributed by atoms with Crippen LogP contribution in [0.25, 0.3) is 0 Å². The van der Waals surface area contributed by atoms with Crippen LogP contribution in [0.5, 0.6) is 0 Å². The molecule has 2 nitrogen and oxygen atoms in total. The van der Waals surface area contributed by atoms with Crippen LogP contribution in [-0.2, 0) is 0 Å². The molecule has 6 heteroatoms. The van der Waals surface area contributed by atoms with Gasteiger partial charge in [-0.2, -0.15) is 0 Å². The third kappa shape index (κ3) is 3.20. The molecule has 0 aliphatic heterocycles. The fourth-order valence-electron chi connectivity index (χ4n) is 1.66. The predicted octanol–water partition coefficient (Wildman–Crippen LogP) is 4.82. The first-order chi connectivity index (χ1) is 9.38. The van der Waals surface area contributed by atoms with E-state index < -0.39 is 5.82 Å². The number of benzene rings is 2. The molecule has 0 aliphatic rings. The fraction of sp³-hybridized carbons (Fsp3) is 0.0714. The van der Waals surface area contributed by atoms with Crippen molar-refractivity contribution in [3.8, 4) is 0 Å². The van der Waals surface area contributed by atoms with Gasteiger partial charge in [0.1, 0.15) is 10.8 Å². The third-order valence-electron chi connectivity index (χ3n) is 2.77. The zero-order valence-corrected chi connectivity index (χ0v) is 12.8. The Labute approximate surface area is 131 Å². The summed E-state index contributed by atoms with van der Waals surface area (Å²) < 4.78 is 14.0. The van der Waals surface area contributed by atoms with E-state index in [1.54, 1.807) is 24.3 Å². The molecule has 0 bridgehead atoms. The number of rotatable bonds is 3. The van der Waals surface area contributed by atoms with Crippen molar-refractivity contribution in [1.82, 2.24) is 0 Å². The summed E-state index contributed by atoms with van der Waals surface area (Å²) in [5.74, 6) is -0.469. The summed E-state index contributed by atoms with van der Waals surface area (Å²) in [5.41, 5.74) is 7.58. The van der Waals surface area contributed by atoms with Crippen LogP contribution in [0.1, 0.15) is 11.1 Å². The summed E-state index contributed by atoms with van der Waals surface area (Å²) in [7, 11) is 0. The van der Waals surface area contributed by atoms with Crippen molar-refractivity contribution >= 4 is 51.8 Å². The summed E-state index contributed by atoms with van der Waals surface area (Å²) in [5, 5.41) is 3.91. The van der Waals surface area contributed by atoms with Crippen LogP contribution < -0.4 is 11.1 Å². The lowest BCUT2D eigenvalue weighted by atomic mass is 10.1. The molecule has 104 valence electrons. The number of hydrogen-bond donors (Lipinski definition) is 2. The Morgan fingerprint density at radius 3 is 2.45 bits per heavy atom. The Bertz CT molecular complexity index is 689. The van der Waals surface area contributed by atoms with E-state index >= 15 is 0 Å². The number of aryl methyl sites for hydroxylation is 1. The molecule has 0 radical (unpaired) electrons. The minimum Gasteiger partial charge on any atom is -0.389 e. The summed E-state index contributed by atoms with van der Waals surface area (Å²) >= 11 is 16.9. The second-order valence-corrected chi connectivity index (χ2v) is 5.52. The lowest BCUT2D eigenvalue weighted by Crippen LogP contribution is -2.09. The summed E-state index contributed by atoms with van der Waals surface area (Å²) in [6.07, 6.45) is 0. The number of hydrogen-bond acceptors (Lipinski definition) is 2. The van der Waals surface area contributed by atoms with Crippen LogP contribution >= 0.6 is 35.4 Å². The van der Waals surface area contributed by atoms with Crippen LogP contribution in [-0.4, -0.2) is 4.99 Å². The zero-order chi connectivity index (χ0) is 14.9. The molecule has 0 fully saturated rings. The van der Waals surface area contributed by atoms with Gasteiger partial charge in [0.2, 0.25) is 0 Å². The Hall–Kier alpha value is -1.36. The largest absolute Gasteiger partial charge is 0.389 e. The van der Waals surface area contributed by atoms with Gasteiger partial charge in [0.05, 0.1) is 16.4 Å². The highest BCUT2D eigenvalue weighted by molar-refractivity contribution is 7.80. The summed E-state index contributed by atoms with van der Waals surface area (Å²) in [6, 6.07) is 7.83. The molecule has 0 atom stereocenters. The molecule has 0 saturated carbocycles. The monoisotopic (exact) mass is 328 g/mol. The maximum atomic E-state index is 14.0. The topological polar surface area (TPSA) is 38.0 Å². The van der Waals surface area contributed by atoms with Crippen LogP contribution in [0.3, 0.4) is 0 Å². The van der Waals surface area contributed by atoms with Gasteiger partial charge >= 0.3 is 0 Å². The molecule has 0 amide bonds. The highest BCUT2D eigenvalue weighted by atomic mass is 35.5. The van der Waals surface area contributed by atoms with Gasteiger partial charge in [-0.05, 0) is 42.8 Å². The van der Waals surface area contributed by atoms with Gasteiger partial charge in [-0.25, -0.2) is 4.39 Å². The molecule has 0 saturated heterocycles. The predicted molar refractivity (Wildman–Crippen MR) is 86.8 cm³/mol. The van der Waals surface area contributed by atoms with Crippen molar-refractivity contribution in [2.45, 2.75) is 6.92 Å². The minimum absolute atomic E-state index is 0.145. The van der Waals surface area contributed by atoms with Gasteiger partial charge in [-0.3, -0.25) is 0 Å². The SMILES string of the molecule is Cc1cc(Cl)c(Nc2ccc(C(N)=S)cc2F)cc1Cl. The highest BCUT2D eigenvalue weighted by Crippen LogP contribution is 2.31. The van der Waals surface area contributed by atoms with Crippen molar-refractivity contribution < 1.29 is 4.39 Å². The molecule has 3 N–H and O–H groups in total. The van der Waals surface area contributed by atoms with E-state index in [1.165, 1.54) is 6.07 Å².